The predicted molar refractivity (Wildman–Crippen MR) is 61.0 cm³/mol. The van der Waals surface area contributed by atoms with Crippen molar-refractivity contribution in [1.29, 1.82) is 0 Å². The summed E-state index contributed by atoms with van der Waals surface area (Å²) in [4.78, 5) is 3.74. The molecule has 1 aliphatic rings. The lowest BCUT2D eigenvalue weighted by molar-refractivity contribution is 0.619. The van der Waals surface area contributed by atoms with Crippen LogP contribution >= 0.6 is 23.5 Å². The van der Waals surface area contributed by atoms with Gasteiger partial charge in [-0.25, -0.2) is 8.78 Å². The summed E-state index contributed by atoms with van der Waals surface area (Å²) >= 11 is 2.96. The van der Waals surface area contributed by atoms with Crippen LogP contribution in [0, 0.1) is 11.6 Å². The van der Waals surface area contributed by atoms with E-state index in [0.717, 1.165) is 19.6 Å². The third-order valence-electron chi connectivity index (χ3n) is 2.25. The third kappa shape index (κ3) is 1.72. The van der Waals surface area contributed by atoms with Crippen LogP contribution in [0.25, 0.3) is 0 Å². The van der Waals surface area contributed by atoms with Gasteiger partial charge in [0.25, 0.3) is 0 Å². The zero-order valence-electron chi connectivity index (χ0n) is 8.04. The molecule has 0 atom stereocenters. The SMILES string of the molecule is Fc1ccc2c(c1)Sc1ccc(F)cc1S2. The van der Waals surface area contributed by atoms with Gasteiger partial charge in [-0.2, -0.15) is 0 Å². The molecular formula is C12H6F2S2. The largest absolute Gasteiger partial charge is 0.207 e. The summed E-state index contributed by atoms with van der Waals surface area (Å²) in [5.74, 6) is -0.477. The van der Waals surface area contributed by atoms with E-state index in [1.807, 2.05) is 0 Å². The molecule has 3 rings (SSSR count). The van der Waals surface area contributed by atoms with Gasteiger partial charge in [0, 0.05) is 19.6 Å². The number of benzene rings is 2. The highest BCUT2D eigenvalue weighted by molar-refractivity contribution is 8.05. The van der Waals surface area contributed by atoms with Gasteiger partial charge in [0.05, 0.1) is 0 Å². The summed E-state index contributed by atoms with van der Waals surface area (Å²) in [7, 11) is 0. The van der Waals surface area contributed by atoms with E-state index in [4.69, 9.17) is 0 Å². The maximum Gasteiger partial charge on any atom is 0.124 e. The first-order valence-corrected chi connectivity index (χ1v) is 6.30. The second-order valence-electron chi connectivity index (χ2n) is 3.39. The number of hydrogen-bond donors (Lipinski definition) is 0. The summed E-state index contributed by atoms with van der Waals surface area (Å²) in [5.41, 5.74) is 0. The van der Waals surface area contributed by atoms with Crippen LogP contribution in [0.3, 0.4) is 0 Å². The van der Waals surface area contributed by atoms with Gasteiger partial charge in [-0.15, -0.1) is 0 Å². The number of hydrogen-bond acceptors (Lipinski definition) is 2. The Morgan fingerprint density at radius 3 is 1.50 bits per heavy atom. The van der Waals surface area contributed by atoms with E-state index in [9.17, 15) is 8.78 Å². The highest BCUT2D eigenvalue weighted by Crippen LogP contribution is 2.48. The molecule has 0 radical (unpaired) electrons. The van der Waals surface area contributed by atoms with Crippen molar-refractivity contribution in [2.24, 2.45) is 0 Å². The van der Waals surface area contributed by atoms with Crippen LogP contribution in [-0.2, 0) is 0 Å². The minimum Gasteiger partial charge on any atom is -0.207 e. The highest BCUT2D eigenvalue weighted by atomic mass is 32.2. The molecule has 0 amide bonds. The lowest BCUT2D eigenvalue weighted by atomic mass is 10.3. The van der Waals surface area contributed by atoms with Gasteiger partial charge in [-0.3, -0.25) is 0 Å². The Balaban J connectivity index is 2.09. The van der Waals surface area contributed by atoms with E-state index in [1.54, 1.807) is 12.1 Å². The van der Waals surface area contributed by atoms with Gasteiger partial charge in [-0.1, -0.05) is 23.5 Å². The summed E-state index contributed by atoms with van der Waals surface area (Å²) in [5, 5.41) is 0. The zero-order chi connectivity index (χ0) is 11.1. The predicted octanol–water partition coefficient (Wildman–Crippen LogP) is 4.58. The van der Waals surface area contributed by atoms with Crippen molar-refractivity contribution in [1.82, 2.24) is 0 Å². The first-order chi connectivity index (χ1) is 7.72. The molecule has 0 saturated heterocycles. The summed E-state index contributed by atoms with van der Waals surface area (Å²) in [6.45, 7) is 0. The van der Waals surface area contributed by atoms with Crippen LogP contribution < -0.4 is 0 Å². The van der Waals surface area contributed by atoms with Gasteiger partial charge in [0.1, 0.15) is 11.6 Å². The third-order valence-corrected chi connectivity index (χ3v) is 4.78. The maximum atomic E-state index is 13.1. The van der Waals surface area contributed by atoms with E-state index in [2.05, 4.69) is 0 Å². The second-order valence-corrected chi connectivity index (χ2v) is 5.55. The molecule has 0 nitrogen and oxygen atoms in total. The van der Waals surface area contributed by atoms with Gasteiger partial charge in [0.15, 0.2) is 0 Å². The standard InChI is InChI=1S/C12H6F2S2/c13-7-1-3-9-11(5-7)16-10-4-2-8(14)6-12(10)15-9/h1-6H. The molecule has 1 aliphatic heterocycles. The Morgan fingerprint density at radius 1 is 0.625 bits per heavy atom. The summed E-state index contributed by atoms with van der Waals surface area (Å²) < 4.78 is 26.1. The molecule has 0 N–H and O–H groups in total. The first kappa shape index (κ1) is 10.2. The molecule has 0 fully saturated rings. The van der Waals surface area contributed by atoms with Crippen molar-refractivity contribution >= 4 is 23.5 Å². The zero-order valence-corrected chi connectivity index (χ0v) is 9.67. The molecule has 1 heterocycles. The molecule has 4 heteroatoms. The van der Waals surface area contributed by atoms with Gasteiger partial charge < -0.3 is 0 Å². The number of rotatable bonds is 0. The lowest BCUT2D eigenvalue weighted by Crippen LogP contribution is -1.91. The molecule has 16 heavy (non-hydrogen) atoms. The fraction of sp³-hybridized carbons (Fsp3) is 0. The van der Waals surface area contributed by atoms with Crippen molar-refractivity contribution in [2.75, 3.05) is 0 Å². The number of halogens is 2. The average molecular weight is 252 g/mol. The van der Waals surface area contributed by atoms with E-state index < -0.39 is 0 Å². The fourth-order valence-corrected chi connectivity index (χ4v) is 3.77. The van der Waals surface area contributed by atoms with Crippen molar-refractivity contribution in [3.8, 4) is 0 Å². The second kappa shape index (κ2) is 3.79. The Hall–Kier alpha value is -1.00. The molecule has 0 bridgehead atoms. The molecule has 2 aromatic carbocycles. The summed E-state index contributed by atoms with van der Waals surface area (Å²) in [6, 6.07) is 9.35. The molecule has 2 aromatic rings. The molecule has 0 aromatic heterocycles. The highest BCUT2D eigenvalue weighted by Gasteiger charge is 2.17. The Bertz CT molecular complexity index is 515. The quantitative estimate of drug-likeness (QED) is 0.574. The van der Waals surface area contributed by atoms with Crippen molar-refractivity contribution < 1.29 is 8.78 Å². The molecular weight excluding hydrogens is 246 g/mol. The smallest absolute Gasteiger partial charge is 0.124 e. The molecule has 0 unspecified atom stereocenters. The molecule has 0 aliphatic carbocycles. The molecule has 0 saturated carbocycles. The Kier molecular flexibility index (Phi) is 2.41. The minimum absolute atomic E-state index is 0.239. The van der Waals surface area contributed by atoms with Crippen LogP contribution in [0.2, 0.25) is 0 Å². The van der Waals surface area contributed by atoms with E-state index in [1.165, 1.54) is 47.8 Å². The van der Waals surface area contributed by atoms with Crippen molar-refractivity contribution in [3.63, 3.8) is 0 Å². The van der Waals surface area contributed by atoms with E-state index >= 15 is 0 Å². The van der Waals surface area contributed by atoms with Gasteiger partial charge in [0.2, 0.25) is 0 Å². The van der Waals surface area contributed by atoms with Crippen LogP contribution in [-0.4, -0.2) is 0 Å². The average Bonchev–Trinajstić information content (AvgIpc) is 2.26. The van der Waals surface area contributed by atoms with Gasteiger partial charge in [-0.05, 0) is 36.4 Å². The van der Waals surface area contributed by atoms with Crippen LogP contribution in [0.5, 0.6) is 0 Å². The first-order valence-electron chi connectivity index (χ1n) is 4.67. The van der Waals surface area contributed by atoms with E-state index in [-0.39, 0.29) is 11.6 Å². The Labute approximate surface area is 100 Å². The normalized spacial score (nSPS) is 13.1. The fourth-order valence-electron chi connectivity index (χ4n) is 1.53. The van der Waals surface area contributed by atoms with Crippen LogP contribution in [0.15, 0.2) is 56.0 Å². The van der Waals surface area contributed by atoms with Crippen LogP contribution in [0.1, 0.15) is 0 Å². The van der Waals surface area contributed by atoms with Gasteiger partial charge >= 0.3 is 0 Å². The molecule has 80 valence electrons. The van der Waals surface area contributed by atoms with E-state index in [0.29, 0.717) is 0 Å². The Morgan fingerprint density at radius 2 is 1.06 bits per heavy atom. The molecule has 0 spiro atoms. The summed E-state index contributed by atoms with van der Waals surface area (Å²) in [6.07, 6.45) is 0. The maximum absolute atomic E-state index is 13.1. The minimum atomic E-state index is -0.239. The van der Waals surface area contributed by atoms with Crippen LogP contribution in [0.4, 0.5) is 8.78 Å². The van der Waals surface area contributed by atoms with Crippen molar-refractivity contribution in [3.05, 3.63) is 48.0 Å². The topological polar surface area (TPSA) is 0 Å². The number of fused-ring (bicyclic) bond motifs is 2. The lowest BCUT2D eigenvalue weighted by Gasteiger charge is -2.17. The van der Waals surface area contributed by atoms with Crippen molar-refractivity contribution in [2.45, 2.75) is 19.6 Å². The monoisotopic (exact) mass is 252 g/mol.